The number of benzene rings is 1. The zero-order valence-corrected chi connectivity index (χ0v) is 10.7. The molecule has 0 spiro atoms. The minimum atomic E-state index is -0.327. The molecule has 90 valence electrons. The molecule has 0 heterocycles. The molecule has 0 saturated carbocycles. The Morgan fingerprint density at radius 2 is 2.18 bits per heavy atom. The van der Waals surface area contributed by atoms with Gasteiger partial charge in [0, 0.05) is 0 Å². The molecular formula is C13H14ClNO2. The van der Waals surface area contributed by atoms with Crippen molar-refractivity contribution in [2.75, 3.05) is 6.61 Å². The number of nitriles is 1. The van der Waals surface area contributed by atoms with Gasteiger partial charge in [-0.25, -0.2) is 0 Å². The van der Waals surface area contributed by atoms with E-state index in [0.29, 0.717) is 22.8 Å². The summed E-state index contributed by atoms with van der Waals surface area (Å²) in [7, 11) is 0. The Kier molecular flexibility index (Phi) is 4.99. The van der Waals surface area contributed by atoms with Crippen LogP contribution >= 0.6 is 11.6 Å². The van der Waals surface area contributed by atoms with Crippen LogP contribution in [-0.4, -0.2) is 12.6 Å². The fraction of sp³-hybridized carbons (Fsp3) is 0.385. The molecule has 1 aromatic rings. The molecule has 0 amide bonds. The molecule has 0 aromatic heterocycles. The number of aryl methyl sites for hydroxylation is 1. The third-order valence-electron chi connectivity index (χ3n) is 2.38. The Morgan fingerprint density at radius 1 is 1.47 bits per heavy atom. The minimum Gasteiger partial charge on any atom is -0.466 e. The third-order valence-corrected chi connectivity index (χ3v) is 2.82. The Morgan fingerprint density at radius 3 is 2.71 bits per heavy atom. The monoisotopic (exact) mass is 251 g/mol. The van der Waals surface area contributed by atoms with Crippen LogP contribution in [0.4, 0.5) is 0 Å². The maximum absolute atomic E-state index is 11.4. The van der Waals surface area contributed by atoms with Crippen molar-refractivity contribution in [1.82, 2.24) is 0 Å². The van der Waals surface area contributed by atoms with E-state index in [9.17, 15) is 4.79 Å². The molecule has 0 atom stereocenters. The molecule has 0 aliphatic rings. The molecule has 3 nitrogen and oxygen atoms in total. The van der Waals surface area contributed by atoms with Crippen molar-refractivity contribution in [2.24, 2.45) is 0 Å². The SMILES string of the molecule is CCOC(=O)Cc1cc(CC)cc(C#N)c1Cl. The van der Waals surface area contributed by atoms with Crippen LogP contribution in [0.15, 0.2) is 12.1 Å². The average molecular weight is 252 g/mol. The molecule has 1 aromatic carbocycles. The van der Waals surface area contributed by atoms with E-state index in [0.717, 1.165) is 12.0 Å². The van der Waals surface area contributed by atoms with Gasteiger partial charge in [0.2, 0.25) is 0 Å². The van der Waals surface area contributed by atoms with Gasteiger partial charge in [-0.1, -0.05) is 24.6 Å². The summed E-state index contributed by atoms with van der Waals surface area (Å²) in [6.07, 6.45) is 0.900. The van der Waals surface area contributed by atoms with Crippen molar-refractivity contribution in [2.45, 2.75) is 26.7 Å². The van der Waals surface area contributed by atoms with E-state index < -0.39 is 0 Å². The highest BCUT2D eigenvalue weighted by atomic mass is 35.5. The number of hydrogen-bond donors (Lipinski definition) is 0. The summed E-state index contributed by atoms with van der Waals surface area (Å²) >= 11 is 6.05. The predicted molar refractivity (Wildman–Crippen MR) is 65.9 cm³/mol. The number of carbonyl (C=O) groups is 1. The third kappa shape index (κ3) is 3.47. The fourth-order valence-electron chi connectivity index (χ4n) is 1.53. The van der Waals surface area contributed by atoms with E-state index in [-0.39, 0.29) is 12.4 Å². The van der Waals surface area contributed by atoms with E-state index >= 15 is 0 Å². The van der Waals surface area contributed by atoms with Crippen molar-refractivity contribution in [3.8, 4) is 6.07 Å². The Labute approximate surface area is 106 Å². The Bertz CT molecular complexity index is 463. The molecule has 0 aliphatic carbocycles. The Hall–Kier alpha value is -1.53. The first kappa shape index (κ1) is 13.5. The Balaban J connectivity index is 3.06. The van der Waals surface area contributed by atoms with E-state index in [1.165, 1.54) is 0 Å². The van der Waals surface area contributed by atoms with Crippen LogP contribution in [-0.2, 0) is 22.4 Å². The molecular weight excluding hydrogens is 238 g/mol. The van der Waals surface area contributed by atoms with Gasteiger partial charge >= 0.3 is 5.97 Å². The molecule has 4 heteroatoms. The van der Waals surface area contributed by atoms with Crippen LogP contribution in [0.1, 0.15) is 30.5 Å². The van der Waals surface area contributed by atoms with Gasteiger partial charge in [-0.05, 0) is 30.5 Å². The first-order valence-corrected chi connectivity index (χ1v) is 5.87. The van der Waals surface area contributed by atoms with Crippen molar-refractivity contribution >= 4 is 17.6 Å². The summed E-state index contributed by atoms with van der Waals surface area (Å²) in [5.41, 5.74) is 2.05. The van der Waals surface area contributed by atoms with Crippen molar-refractivity contribution in [3.63, 3.8) is 0 Å². The number of halogens is 1. The second kappa shape index (κ2) is 6.27. The molecule has 0 aliphatic heterocycles. The van der Waals surface area contributed by atoms with Gasteiger partial charge in [0.1, 0.15) is 6.07 Å². The maximum atomic E-state index is 11.4. The number of ether oxygens (including phenoxy) is 1. The number of carbonyl (C=O) groups excluding carboxylic acids is 1. The lowest BCUT2D eigenvalue weighted by molar-refractivity contribution is -0.142. The first-order valence-electron chi connectivity index (χ1n) is 5.49. The van der Waals surface area contributed by atoms with Crippen molar-refractivity contribution < 1.29 is 9.53 Å². The molecule has 1 rings (SSSR count). The molecule has 0 unspecified atom stereocenters. The quantitative estimate of drug-likeness (QED) is 0.773. The minimum absolute atomic E-state index is 0.106. The fourth-order valence-corrected chi connectivity index (χ4v) is 1.75. The topological polar surface area (TPSA) is 50.1 Å². The predicted octanol–water partition coefficient (Wildman–Crippen LogP) is 2.88. The van der Waals surface area contributed by atoms with Gasteiger partial charge in [0.05, 0.1) is 23.6 Å². The first-order chi connectivity index (χ1) is 8.12. The second-order valence-electron chi connectivity index (χ2n) is 3.56. The smallest absolute Gasteiger partial charge is 0.310 e. The zero-order chi connectivity index (χ0) is 12.8. The van der Waals surface area contributed by atoms with Crippen molar-refractivity contribution in [3.05, 3.63) is 33.8 Å². The highest BCUT2D eigenvalue weighted by molar-refractivity contribution is 6.32. The average Bonchev–Trinajstić information content (AvgIpc) is 2.32. The lowest BCUT2D eigenvalue weighted by atomic mass is 10.0. The van der Waals surface area contributed by atoms with Crippen LogP contribution in [0.3, 0.4) is 0 Å². The summed E-state index contributed by atoms with van der Waals surface area (Å²) in [6, 6.07) is 5.63. The van der Waals surface area contributed by atoms with Crippen molar-refractivity contribution in [1.29, 1.82) is 5.26 Å². The van der Waals surface area contributed by atoms with E-state index in [1.54, 1.807) is 13.0 Å². The van der Waals surface area contributed by atoms with E-state index in [1.807, 2.05) is 19.1 Å². The van der Waals surface area contributed by atoms with Crippen LogP contribution < -0.4 is 0 Å². The van der Waals surface area contributed by atoms with Gasteiger partial charge < -0.3 is 4.74 Å². The summed E-state index contributed by atoms with van der Waals surface area (Å²) < 4.78 is 4.87. The van der Waals surface area contributed by atoms with E-state index in [4.69, 9.17) is 21.6 Å². The molecule has 0 fully saturated rings. The van der Waals surface area contributed by atoms with Crippen LogP contribution in [0.2, 0.25) is 5.02 Å². The summed E-state index contributed by atoms with van der Waals surface area (Å²) in [4.78, 5) is 11.4. The van der Waals surface area contributed by atoms with Crippen LogP contribution in [0.25, 0.3) is 0 Å². The maximum Gasteiger partial charge on any atom is 0.310 e. The van der Waals surface area contributed by atoms with Crippen LogP contribution in [0, 0.1) is 11.3 Å². The second-order valence-corrected chi connectivity index (χ2v) is 3.94. The molecule has 0 saturated heterocycles. The van der Waals surface area contributed by atoms with E-state index in [2.05, 4.69) is 0 Å². The number of hydrogen-bond acceptors (Lipinski definition) is 3. The van der Waals surface area contributed by atoms with Gasteiger partial charge in [0.25, 0.3) is 0 Å². The number of esters is 1. The summed E-state index contributed by atoms with van der Waals surface area (Å²) in [6.45, 7) is 4.08. The lowest BCUT2D eigenvalue weighted by Crippen LogP contribution is -2.08. The zero-order valence-electron chi connectivity index (χ0n) is 9.92. The molecule has 0 radical (unpaired) electrons. The molecule has 17 heavy (non-hydrogen) atoms. The molecule has 0 bridgehead atoms. The number of rotatable bonds is 4. The normalized spacial score (nSPS) is 9.76. The highest BCUT2D eigenvalue weighted by Crippen LogP contribution is 2.24. The lowest BCUT2D eigenvalue weighted by Gasteiger charge is -2.08. The highest BCUT2D eigenvalue weighted by Gasteiger charge is 2.12. The van der Waals surface area contributed by atoms with Gasteiger partial charge in [-0.2, -0.15) is 5.26 Å². The largest absolute Gasteiger partial charge is 0.466 e. The van der Waals surface area contributed by atoms with Gasteiger partial charge in [0.15, 0.2) is 0 Å². The number of nitrogens with zero attached hydrogens (tertiary/aromatic N) is 1. The summed E-state index contributed by atoms with van der Waals surface area (Å²) in [5, 5.41) is 9.29. The summed E-state index contributed by atoms with van der Waals surface area (Å²) in [5.74, 6) is -0.327. The standard InChI is InChI=1S/C13H14ClNO2/c1-3-9-5-10(7-12(16)17-4-2)13(14)11(6-9)8-15/h5-6H,3-4,7H2,1-2H3. The van der Waals surface area contributed by atoms with Gasteiger partial charge in [-0.15, -0.1) is 0 Å². The van der Waals surface area contributed by atoms with Gasteiger partial charge in [-0.3, -0.25) is 4.79 Å². The van der Waals surface area contributed by atoms with Crippen LogP contribution in [0.5, 0.6) is 0 Å². The molecule has 0 N–H and O–H groups in total.